The minimum atomic E-state index is 0.175. The fraction of sp³-hybridized carbons (Fsp3) is 0.933. The maximum Gasteiger partial charge on any atom is 0.222 e. The lowest BCUT2D eigenvalue weighted by atomic mass is 9.84. The summed E-state index contributed by atoms with van der Waals surface area (Å²) in [5.74, 6) is 0.303. The van der Waals surface area contributed by atoms with Crippen LogP contribution in [0.1, 0.15) is 47.0 Å². The predicted molar refractivity (Wildman–Crippen MR) is 80.0 cm³/mol. The molecule has 1 amide bonds. The fourth-order valence-electron chi connectivity index (χ4n) is 2.73. The van der Waals surface area contributed by atoms with Gasteiger partial charge in [-0.15, -0.1) is 0 Å². The summed E-state index contributed by atoms with van der Waals surface area (Å²) >= 11 is 0. The van der Waals surface area contributed by atoms with Crippen molar-refractivity contribution in [2.24, 2.45) is 11.1 Å². The van der Waals surface area contributed by atoms with E-state index in [1.165, 1.54) is 0 Å². The quantitative estimate of drug-likeness (QED) is 0.826. The molecule has 0 aromatic rings. The molecule has 112 valence electrons. The van der Waals surface area contributed by atoms with E-state index < -0.39 is 0 Å². The Morgan fingerprint density at radius 2 is 1.74 bits per heavy atom. The first-order valence-electron chi connectivity index (χ1n) is 7.46. The Bertz CT molecular complexity index is 292. The van der Waals surface area contributed by atoms with Crippen LogP contribution in [-0.2, 0) is 4.79 Å². The Morgan fingerprint density at radius 1 is 1.21 bits per heavy atom. The number of rotatable bonds is 5. The third-order valence-electron chi connectivity index (χ3n) is 4.55. The van der Waals surface area contributed by atoms with Crippen molar-refractivity contribution in [1.82, 2.24) is 9.80 Å². The molecule has 0 spiro atoms. The molecular formula is C15H31N3O. The van der Waals surface area contributed by atoms with Gasteiger partial charge >= 0.3 is 0 Å². The monoisotopic (exact) mass is 269 g/mol. The van der Waals surface area contributed by atoms with Gasteiger partial charge < -0.3 is 10.6 Å². The number of nitrogens with two attached hydrogens (primary N) is 1. The molecule has 1 fully saturated rings. The molecule has 1 aliphatic heterocycles. The van der Waals surface area contributed by atoms with E-state index in [2.05, 4.69) is 39.6 Å². The van der Waals surface area contributed by atoms with Crippen molar-refractivity contribution in [3.8, 4) is 0 Å². The van der Waals surface area contributed by atoms with Crippen LogP contribution in [0.25, 0.3) is 0 Å². The van der Waals surface area contributed by atoms with Crippen LogP contribution >= 0.6 is 0 Å². The fourth-order valence-corrected chi connectivity index (χ4v) is 2.73. The molecule has 2 N–H and O–H groups in total. The summed E-state index contributed by atoms with van der Waals surface area (Å²) in [7, 11) is 2.14. The van der Waals surface area contributed by atoms with Gasteiger partial charge in [-0.2, -0.15) is 0 Å². The molecule has 4 heteroatoms. The molecule has 2 atom stereocenters. The van der Waals surface area contributed by atoms with Gasteiger partial charge in [0.1, 0.15) is 0 Å². The van der Waals surface area contributed by atoms with Crippen LogP contribution in [0.5, 0.6) is 0 Å². The molecule has 0 aromatic carbocycles. The average Bonchev–Trinajstić information content (AvgIpc) is 2.32. The van der Waals surface area contributed by atoms with Gasteiger partial charge in [-0.1, -0.05) is 13.8 Å². The molecule has 0 aromatic heterocycles. The molecule has 0 bridgehead atoms. The molecule has 0 aliphatic carbocycles. The minimum Gasteiger partial charge on any atom is -0.340 e. The molecule has 19 heavy (non-hydrogen) atoms. The van der Waals surface area contributed by atoms with Crippen LogP contribution in [-0.4, -0.2) is 54.5 Å². The Hall–Kier alpha value is -0.610. The van der Waals surface area contributed by atoms with Crippen LogP contribution in [0.15, 0.2) is 0 Å². The van der Waals surface area contributed by atoms with E-state index in [9.17, 15) is 4.79 Å². The zero-order valence-electron chi connectivity index (χ0n) is 13.3. The highest BCUT2D eigenvalue weighted by molar-refractivity contribution is 5.76. The largest absolute Gasteiger partial charge is 0.340 e. The van der Waals surface area contributed by atoms with E-state index in [-0.39, 0.29) is 5.41 Å². The van der Waals surface area contributed by atoms with Gasteiger partial charge in [0, 0.05) is 31.6 Å². The normalized spacial score (nSPS) is 25.7. The predicted octanol–water partition coefficient (Wildman–Crippen LogP) is 1.69. The van der Waals surface area contributed by atoms with E-state index >= 15 is 0 Å². The Morgan fingerprint density at radius 3 is 2.21 bits per heavy atom. The average molecular weight is 269 g/mol. The highest BCUT2D eigenvalue weighted by Crippen LogP contribution is 2.26. The van der Waals surface area contributed by atoms with Crippen LogP contribution in [0.4, 0.5) is 0 Å². The first-order chi connectivity index (χ1) is 8.76. The highest BCUT2D eigenvalue weighted by Gasteiger charge is 2.29. The van der Waals surface area contributed by atoms with Crippen molar-refractivity contribution in [3.05, 3.63) is 0 Å². The lowest BCUT2D eigenvalue weighted by Gasteiger charge is -2.42. The first kappa shape index (κ1) is 16.4. The highest BCUT2D eigenvalue weighted by atomic mass is 16.2. The number of likely N-dealkylation sites (N-methyl/N-ethyl adjacent to an activating group) is 1. The SMILES string of the molecule is CC1CN(C(=O)CCC(C)(C)CCN)CC(C)N1C. The second kappa shape index (κ2) is 6.71. The third kappa shape index (κ3) is 4.77. The molecule has 1 saturated heterocycles. The molecule has 4 nitrogen and oxygen atoms in total. The van der Waals surface area contributed by atoms with Crippen molar-refractivity contribution < 1.29 is 4.79 Å². The minimum absolute atomic E-state index is 0.175. The van der Waals surface area contributed by atoms with Crippen molar-refractivity contribution in [1.29, 1.82) is 0 Å². The van der Waals surface area contributed by atoms with E-state index in [1.54, 1.807) is 0 Å². The topological polar surface area (TPSA) is 49.6 Å². The van der Waals surface area contributed by atoms with Gasteiger partial charge in [-0.05, 0) is 45.7 Å². The van der Waals surface area contributed by atoms with Crippen molar-refractivity contribution in [3.63, 3.8) is 0 Å². The van der Waals surface area contributed by atoms with Crippen LogP contribution in [0.3, 0.4) is 0 Å². The second-order valence-corrected chi connectivity index (χ2v) is 6.87. The lowest BCUT2D eigenvalue weighted by Crippen LogP contribution is -2.56. The number of amides is 1. The Kier molecular flexibility index (Phi) is 5.81. The Labute approximate surface area is 118 Å². The maximum absolute atomic E-state index is 12.3. The smallest absolute Gasteiger partial charge is 0.222 e. The summed E-state index contributed by atoms with van der Waals surface area (Å²) in [4.78, 5) is 16.7. The molecular weight excluding hydrogens is 238 g/mol. The summed E-state index contributed by atoms with van der Waals surface area (Å²) in [6.45, 7) is 11.2. The van der Waals surface area contributed by atoms with Gasteiger partial charge in [0.2, 0.25) is 5.91 Å². The lowest BCUT2D eigenvalue weighted by molar-refractivity contribution is -0.135. The van der Waals surface area contributed by atoms with E-state index in [4.69, 9.17) is 5.73 Å². The summed E-state index contributed by atoms with van der Waals surface area (Å²) in [5, 5.41) is 0. The standard InChI is InChI=1S/C15H31N3O/c1-12-10-18(11-13(2)17(12)5)14(19)6-7-15(3,4)8-9-16/h12-13H,6-11,16H2,1-5H3. The van der Waals surface area contributed by atoms with Crippen molar-refractivity contribution in [2.75, 3.05) is 26.7 Å². The molecule has 1 rings (SSSR count). The molecule has 1 aliphatic rings. The van der Waals surface area contributed by atoms with Crippen molar-refractivity contribution in [2.45, 2.75) is 59.0 Å². The zero-order valence-corrected chi connectivity index (χ0v) is 13.3. The van der Waals surface area contributed by atoms with Gasteiger partial charge in [-0.3, -0.25) is 9.69 Å². The van der Waals surface area contributed by atoms with Gasteiger partial charge in [0.25, 0.3) is 0 Å². The number of hydrogen-bond donors (Lipinski definition) is 1. The zero-order chi connectivity index (χ0) is 14.6. The van der Waals surface area contributed by atoms with Gasteiger partial charge in [0.05, 0.1) is 0 Å². The number of piperazine rings is 1. The number of nitrogens with zero attached hydrogens (tertiary/aromatic N) is 2. The molecule has 1 heterocycles. The van der Waals surface area contributed by atoms with Crippen LogP contribution < -0.4 is 5.73 Å². The third-order valence-corrected chi connectivity index (χ3v) is 4.55. The number of carbonyl (C=O) groups excluding carboxylic acids is 1. The van der Waals surface area contributed by atoms with Crippen molar-refractivity contribution >= 4 is 5.91 Å². The molecule has 0 saturated carbocycles. The second-order valence-electron chi connectivity index (χ2n) is 6.87. The summed E-state index contributed by atoms with van der Waals surface area (Å²) in [6.07, 6.45) is 2.56. The maximum atomic E-state index is 12.3. The van der Waals surface area contributed by atoms with Gasteiger partial charge in [-0.25, -0.2) is 0 Å². The summed E-state index contributed by atoms with van der Waals surface area (Å²) in [6, 6.07) is 0.898. The van der Waals surface area contributed by atoms with Gasteiger partial charge in [0.15, 0.2) is 0 Å². The number of carbonyl (C=O) groups is 1. The summed E-state index contributed by atoms with van der Waals surface area (Å²) < 4.78 is 0. The van der Waals surface area contributed by atoms with E-state index in [0.717, 1.165) is 25.9 Å². The first-order valence-corrected chi connectivity index (χ1v) is 7.46. The summed E-state index contributed by atoms with van der Waals surface area (Å²) in [5.41, 5.74) is 5.79. The molecule has 0 radical (unpaired) electrons. The van der Waals surface area contributed by atoms with E-state index in [0.29, 0.717) is 31.0 Å². The van der Waals surface area contributed by atoms with Crippen LogP contribution in [0.2, 0.25) is 0 Å². The molecule has 2 unspecified atom stereocenters. The Balaban J connectivity index is 2.46. The van der Waals surface area contributed by atoms with E-state index in [1.807, 2.05) is 4.90 Å². The van der Waals surface area contributed by atoms with Crippen LogP contribution in [0, 0.1) is 5.41 Å². The number of hydrogen-bond acceptors (Lipinski definition) is 3.